The van der Waals surface area contributed by atoms with Gasteiger partial charge in [0.2, 0.25) is 0 Å². The molecule has 2 aliphatic rings. The highest BCUT2D eigenvalue weighted by atomic mass is 16.6. The molecule has 12 heteroatoms. The first-order valence-electron chi connectivity index (χ1n) is 16.3. The van der Waals surface area contributed by atoms with Crippen LogP contribution in [0.15, 0.2) is 0 Å². The van der Waals surface area contributed by atoms with E-state index in [0.29, 0.717) is 13.0 Å². The maximum atomic E-state index is 12.8. The Morgan fingerprint density at radius 3 is 1.82 bits per heavy atom. The van der Waals surface area contributed by atoms with Crippen LogP contribution in [0.25, 0.3) is 0 Å². The Balaban J connectivity index is 1.91. The van der Waals surface area contributed by atoms with Gasteiger partial charge >= 0.3 is 5.97 Å². The van der Waals surface area contributed by atoms with Crippen molar-refractivity contribution in [3.8, 4) is 0 Å². The lowest BCUT2D eigenvalue weighted by molar-refractivity contribution is -0.285. The van der Waals surface area contributed by atoms with Gasteiger partial charge in [0, 0.05) is 13.7 Å². The van der Waals surface area contributed by atoms with Crippen molar-refractivity contribution >= 4 is 5.97 Å². The Morgan fingerprint density at radius 2 is 1.29 bits per heavy atom. The first kappa shape index (κ1) is 40.2. The summed E-state index contributed by atoms with van der Waals surface area (Å²) in [6.45, 7) is 20.5. The normalized spacial score (nSPS) is 33.7. The zero-order chi connectivity index (χ0) is 34.5. The van der Waals surface area contributed by atoms with Gasteiger partial charge in [0.05, 0.1) is 35.1 Å². The number of methoxy groups -OCH3 is 1. The van der Waals surface area contributed by atoms with Crippen molar-refractivity contribution in [2.45, 2.75) is 185 Å². The minimum atomic E-state index is -1.41. The lowest BCUT2D eigenvalue weighted by Gasteiger charge is -2.48. The minimum absolute atomic E-state index is 0.127. The van der Waals surface area contributed by atoms with E-state index in [-0.39, 0.29) is 6.61 Å². The molecule has 0 spiro atoms. The van der Waals surface area contributed by atoms with Crippen molar-refractivity contribution in [1.29, 1.82) is 0 Å². The summed E-state index contributed by atoms with van der Waals surface area (Å²) in [6.07, 6.45) is -7.36. The van der Waals surface area contributed by atoms with Gasteiger partial charge in [-0.15, -0.1) is 0 Å². The number of carbonyl (C=O) groups is 1. The van der Waals surface area contributed by atoms with E-state index in [1.54, 1.807) is 20.8 Å². The molecule has 0 aromatic carbocycles. The topological polar surface area (TPSA) is 163 Å². The van der Waals surface area contributed by atoms with Crippen LogP contribution in [0.1, 0.15) is 102 Å². The average molecular weight is 651 g/mol. The van der Waals surface area contributed by atoms with Gasteiger partial charge in [0.25, 0.3) is 0 Å². The molecule has 0 amide bonds. The highest BCUT2D eigenvalue weighted by Crippen LogP contribution is 2.36. The van der Waals surface area contributed by atoms with E-state index in [4.69, 9.17) is 33.2 Å². The summed E-state index contributed by atoms with van der Waals surface area (Å²) in [5.41, 5.74) is -3.11. The van der Waals surface area contributed by atoms with E-state index in [1.165, 1.54) is 7.11 Å². The number of aliphatic hydroxyl groups excluding tert-OH is 4. The number of unbranched alkanes of at least 4 members (excludes halogenated alkanes) is 2. The highest BCUT2D eigenvalue weighted by molar-refractivity contribution is 5.76. The Hall–Kier alpha value is -0.930. The van der Waals surface area contributed by atoms with Crippen LogP contribution in [0, 0.1) is 0 Å². The van der Waals surface area contributed by atoms with Gasteiger partial charge in [0.1, 0.15) is 48.8 Å². The predicted molar refractivity (Wildman–Crippen MR) is 167 cm³/mol. The molecule has 0 saturated carbocycles. The quantitative estimate of drug-likeness (QED) is 0.152. The van der Waals surface area contributed by atoms with Crippen molar-refractivity contribution in [3.05, 3.63) is 0 Å². The van der Waals surface area contributed by atoms with E-state index in [1.807, 2.05) is 55.4 Å². The molecule has 0 bridgehead atoms. The molecule has 45 heavy (non-hydrogen) atoms. The molecule has 2 fully saturated rings. The molecule has 2 saturated heterocycles. The number of esters is 1. The Morgan fingerprint density at radius 1 is 0.733 bits per heavy atom. The third kappa shape index (κ3) is 10.8. The predicted octanol–water partition coefficient (Wildman–Crippen LogP) is 2.68. The zero-order valence-electron chi connectivity index (χ0n) is 29.6. The third-order valence-electron chi connectivity index (χ3n) is 8.67. The van der Waals surface area contributed by atoms with Crippen LogP contribution in [-0.4, -0.2) is 130 Å². The first-order chi connectivity index (χ1) is 20.6. The Labute approximate surface area is 270 Å². The number of carbonyl (C=O) groups excluding carboxylic acids is 1. The fourth-order valence-corrected chi connectivity index (χ4v) is 5.97. The third-order valence-corrected chi connectivity index (χ3v) is 8.67. The fourth-order valence-electron chi connectivity index (χ4n) is 5.97. The van der Waals surface area contributed by atoms with E-state index in [9.17, 15) is 25.2 Å². The van der Waals surface area contributed by atoms with Crippen LogP contribution in [0.4, 0.5) is 0 Å². The molecule has 0 radical (unpaired) electrons. The highest BCUT2D eigenvalue weighted by Gasteiger charge is 2.55. The van der Waals surface area contributed by atoms with Gasteiger partial charge in [-0.25, -0.2) is 4.79 Å². The SMILES string of the molecule is CCOC(=O)C1OC(C(C)(C)OC)C(O)C(O)[C@@H]1OC(C)(C)CCCCCOC(C)(C)C1OC(C)[C@@H](OC(C)(C)C)C(O)C1O. The number of aliphatic hydroxyl groups is 4. The second-order valence-corrected chi connectivity index (χ2v) is 15.1. The Kier molecular flexibility index (Phi) is 14.3. The van der Waals surface area contributed by atoms with Crippen molar-refractivity contribution < 1.29 is 58.4 Å². The number of hydrogen-bond donors (Lipinski definition) is 4. The van der Waals surface area contributed by atoms with Gasteiger partial charge in [-0.05, 0) is 89.0 Å². The van der Waals surface area contributed by atoms with Gasteiger partial charge in [-0.1, -0.05) is 12.8 Å². The van der Waals surface area contributed by atoms with Crippen LogP contribution in [0.3, 0.4) is 0 Å². The summed E-state index contributed by atoms with van der Waals surface area (Å²) in [4.78, 5) is 12.8. The van der Waals surface area contributed by atoms with Gasteiger partial charge in [0.15, 0.2) is 6.10 Å². The average Bonchev–Trinajstić information content (AvgIpc) is 2.92. The van der Waals surface area contributed by atoms with Crippen LogP contribution in [0.2, 0.25) is 0 Å². The van der Waals surface area contributed by atoms with Gasteiger partial charge in [-0.2, -0.15) is 0 Å². The minimum Gasteiger partial charge on any atom is -0.464 e. The molecular formula is C33H62O12. The van der Waals surface area contributed by atoms with Crippen molar-refractivity contribution in [3.63, 3.8) is 0 Å². The molecule has 266 valence electrons. The number of rotatable bonds is 15. The molecule has 4 N–H and O–H groups in total. The maximum absolute atomic E-state index is 12.8. The van der Waals surface area contributed by atoms with Crippen LogP contribution < -0.4 is 0 Å². The summed E-state index contributed by atoms with van der Waals surface area (Å²) < 4.78 is 41.1. The fraction of sp³-hybridized carbons (Fsp3) is 0.970. The number of ether oxygens (including phenoxy) is 7. The monoisotopic (exact) mass is 650 g/mol. The van der Waals surface area contributed by atoms with Crippen molar-refractivity contribution in [1.82, 2.24) is 0 Å². The summed E-state index contributed by atoms with van der Waals surface area (Å²) >= 11 is 0. The van der Waals surface area contributed by atoms with E-state index >= 15 is 0 Å². The summed E-state index contributed by atoms with van der Waals surface area (Å²) in [7, 11) is 1.47. The first-order valence-corrected chi connectivity index (χ1v) is 16.3. The summed E-state index contributed by atoms with van der Waals surface area (Å²) in [5.74, 6) is -0.674. The molecule has 2 heterocycles. The maximum Gasteiger partial charge on any atom is 0.338 e. The van der Waals surface area contributed by atoms with Crippen LogP contribution in [-0.2, 0) is 38.0 Å². The second-order valence-electron chi connectivity index (χ2n) is 15.1. The second kappa shape index (κ2) is 16.0. The van der Waals surface area contributed by atoms with E-state index in [2.05, 4.69) is 0 Å². The van der Waals surface area contributed by atoms with Crippen LogP contribution in [0.5, 0.6) is 0 Å². The number of hydrogen-bond acceptors (Lipinski definition) is 12. The standard InChI is InChI=1S/C33H62O12/c1-13-40-29(38)26-25(21(35)23(37)27(43-26)32(8,9)39-12)45-31(6,7)17-15-14-16-18-41-33(10,11)28-22(36)20(34)24(19(2)42-28)44-30(3,4)5/h19-28,34-37H,13-18H2,1-12H3/t19?,20?,21?,22?,23?,24-,25+,26?,27?,28?/m1/s1. The molecule has 0 aliphatic carbocycles. The molecular weight excluding hydrogens is 588 g/mol. The van der Waals surface area contributed by atoms with Gasteiger partial charge in [-0.3, -0.25) is 0 Å². The van der Waals surface area contributed by atoms with E-state index < -0.39 is 89.4 Å². The molecule has 12 nitrogen and oxygen atoms in total. The Bertz CT molecular complexity index is 916. The zero-order valence-corrected chi connectivity index (χ0v) is 29.6. The molecule has 10 atom stereocenters. The lowest BCUT2D eigenvalue weighted by Crippen LogP contribution is -2.66. The largest absolute Gasteiger partial charge is 0.464 e. The lowest BCUT2D eigenvalue weighted by atomic mass is 9.86. The molecule has 0 aromatic heterocycles. The van der Waals surface area contributed by atoms with Crippen molar-refractivity contribution in [2.24, 2.45) is 0 Å². The molecule has 2 aliphatic heterocycles. The molecule has 2 rings (SSSR count). The van der Waals surface area contributed by atoms with Crippen molar-refractivity contribution in [2.75, 3.05) is 20.3 Å². The summed E-state index contributed by atoms with van der Waals surface area (Å²) in [6, 6.07) is 0. The van der Waals surface area contributed by atoms with E-state index in [0.717, 1.165) is 19.3 Å². The molecule has 8 unspecified atom stereocenters. The van der Waals surface area contributed by atoms with Gasteiger partial charge < -0.3 is 53.6 Å². The summed E-state index contributed by atoms with van der Waals surface area (Å²) in [5, 5.41) is 43.7. The van der Waals surface area contributed by atoms with Crippen LogP contribution >= 0.6 is 0 Å². The molecule has 0 aromatic rings. The smallest absolute Gasteiger partial charge is 0.338 e.